The molecule has 2 aromatic heterocycles. The van der Waals surface area contributed by atoms with Crippen LogP contribution in [0.2, 0.25) is 0 Å². The van der Waals surface area contributed by atoms with E-state index in [-0.39, 0.29) is 5.91 Å². The lowest BCUT2D eigenvalue weighted by Gasteiger charge is -2.30. The molecule has 0 aliphatic rings. The van der Waals surface area contributed by atoms with Gasteiger partial charge in [0.25, 0.3) is 5.91 Å². The van der Waals surface area contributed by atoms with Crippen LogP contribution in [0.3, 0.4) is 0 Å². The predicted molar refractivity (Wildman–Crippen MR) is 120 cm³/mol. The van der Waals surface area contributed by atoms with E-state index in [0.29, 0.717) is 30.7 Å². The Labute approximate surface area is 176 Å². The molecule has 0 radical (unpaired) electrons. The molecule has 0 fully saturated rings. The van der Waals surface area contributed by atoms with E-state index in [1.807, 2.05) is 36.5 Å². The quantitative estimate of drug-likeness (QED) is 0.553. The molecule has 2 heterocycles. The van der Waals surface area contributed by atoms with Crippen LogP contribution >= 0.6 is 11.3 Å². The van der Waals surface area contributed by atoms with Crippen LogP contribution in [0.1, 0.15) is 43.6 Å². The van der Waals surface area contributed by atoms with Crippen molar-refractivity contribution in [1.82, 2.24) is 20.2 Å². The Morgan fingerprint density at radius 1 is 1.17 bits per heavy atom. The van der Waals surface area contributed by atoms with Gasteiger partial charge in [-0.2, -0.15) is 0 Å². The number of nitrogens with one attached hydrogen (secondary N) is 2. The molecule has 0 atom stereocenters. The Morgan fingerprint density at radius 3 is 2.66 bits per heavy atom. The minimum Gasteiger partial charge on any atom is -0.357 e. The molecule has 3 rings (SSSR count). The average Bonchev–Trinajstić information content (AvgIpc) is 3.11. The number of hydrogen-bond donors (Lipinski definition) is 2. The number of hydrogen-bond acceptors (Lipinski definition) is 6. The smallest absolute Gasteiger partial charge is 0.251 e. The lowest BCUT2D eigenvalue weighted by Crippen LogP contribution is -2.42. The molecule has 1 amide bonds. The lowest BCUT2D eigenvalue weighted by atomic mass is 10.2. The van der Waals surface area contributed by atoms with Gasteiger partial charge in [0.15, 0.2) is 5.13 Å². The molecule has 29 heavy (non-hydrogen) atoms. The fraction of sp³-hybridized carbons (Fsp3) is 0.409. The Kier molecular flexibility index (Phi) is 7.17. The van der Waals surface area contributed by atoms with E-state index in [2.05, 4.69) is 53.2 Å². The molecular formula is C22H29N5OS. The Balaban J connectivity index is 1.59. The van der Waals surface area contributed by atoms with Crippen molar-refractivity contribution in [3.05, 3.63) is 53.9 Å². The summed E-state index contributed by atoms with van der Waals surface area (Å²) in [6.45, 7) is 10.9. The van der Waals surface area contributed by atoms with Crippen LogP contribution in [0.15, 0.2) is 42.7 Å². The van der Waals surface area contributed by atoms with Crippen molar-refractivity contribution in [3.8, 4) is 0 Å². The summed E-state index contributed by atoms with van der Waals surface area (Å²) in [6, 6.07) is 10.5. The van der Waals surface area contributed by atoms with Gasteiger partial charge in [0.05, 0.1) is 10.2 Å². The number of benzene rings is 1. The Morgan fingerprint density at radius 2 is 1.97 bits per heavy atom. The summed E-state index contributed by atoms with van der Waals surface area (Å²) in [4.78, 5) is 23.6. The van der Waals surface area contributed by atoms with Crippen molar-refractivity contribution in [3.63, 3.8) is 0 Å². The number of fused-ring (bicyclic) bond motifs is 1. The number of thiazole rings is 1. The van der Waals surface area contributed by atoms with Gasteiger partial charge in [0.1, 0.15) is 0 Å². The normalized spacial score (nSPS) is 11.6. The van der Waals surface area contributed by atoms with Crippen LogP contribution in [-0.2, 0) is 6.54 Å². The predicted octanol–water partition coefficient (Wildman–Crippen LogP) is 4.15. The molecule has 7 heteroatoms. The van der Waals surface area contributed by atoms with E-state index in [0.717, 1.165) is 27.5 Å². The highest BCUT2D eigenvalue weighted by Gasteiger charge is 2.14. The first-order valence-electron chi connectivity index (χ1n) is 10.0. The third-order valence-electron chi connectivity index (χ3n) is 4.80. The maximum Gasteiger partial charge on any atom is 0.251 e. The number of anilines is 1. The van der Waals surface area contributed by atoms with Crippen molar-refractivity contribution < 1.29 is 4.79 Å². The third-order valence-corrected chi connectivity index (χ3v) is 5.78. The minimum absolute atomic E-state index is 0.0439. The number of pyridine rings is 1. The van der Waals surface area contributed by atoms with Crippen LogP contribution < -0.4 is 10.6 Å². The summed E-state index contributed by atoms with van der Waals surface area (Å²) in [5.74, 6) is -0.0439. The zero-order valence-electron chi connectivity index (χ0n) is 17.5. The molecular weight excluding hydrogens is 382 g/mol. The highest BCUT2D eigenvalue weighted by atomic mass is 32.1. The summed E-state index contributed by atoms with van der Waals surface area (Å²) in [7, 11) is 0. The summed E-state index contributed by atoms with van der Waals surface area (Å²) in [5, 5.41) is 7.21. The van der Waals surface area contributed by atoms with Crippen LogP contribution in [0.5, 0.6) is 0 Å². The van der Waals surface area contributed by atoms with Gasteiger partial charge in [0, 0.05) is 49.7 Å². The van der Waals surface area contributed by atoms with Crippen molar-refractivity contribution in [2.75, 3.05) is 18.4 Å². The molecule has 0 aliphatic heterocycles. The molecule has 0 aliphatic carbocycles. The molecule has 3 aromatic rings. The SMILES string of the molecule is CC(C)N(CCNC(=O)c1ccc2nc(NCc3cccnc3)sc2c1)C(C)C. The first-order valence-corrected chi connectivity index (χ1v) is 10.8. The van der Waals surface area contributed by atoms with Crippen LogP contribution in [0.25, 0.3) is 10.2 Å². The second-order valence-corrected chi connectivity index (χ2v) is 8.63. The van der Waals surface area contributed by atoms with Crippen molar-refractivity contribution >= 4 is 32.6 Å². The van der Waals surface area contributed by atoms with Crippen molar-refractivity contribution in [2.24, 2.45) is 0 Å². The Bertz CT molecular complexity index is 931. The van der Waals surface area contributed by atoms with Gasteiger partial charge in [-0.05, 0) is 57.5 Å². The first-order chi connectivity index (χ1) is 13.9. The lowest BCUT2D eigenvalue weighted by molar-refractivity contribution is 0.0939. The van der Waals surface area contributed by atoms with Gasteiger partial charge >= 0.3 is 0 Å². The number of rotatable bonds is 9. The standard InChI is InChI=1S/C22H29N5OS/c1-15(2)27(16(3)4)11-10-24-21(28)18-7-8-19-20(12-18)29-22(26-19)25-14-17-6-5-9-23-13-17/h5-9,12-13,15-16H,10-11,14H2,1-4H3,(H,24,28)(H,25,26). The van der Waals surface area contributed by atoms with E-state index in [1.54, 1.807) is 17.5 Å². The molecule has 6 nitrogen and oxygen atoms in total. The minimum atomic E-state index is -0.0439. The molecule has 0 unspecified atom stereocenters. The fourth-order valence-electron chi connectivity index (χ4n) is 3.34. The van der Waals surface area contributed by atoms with E-state index in [9.17, 15) is 4.79 Å². The summed E-state index contributed by atoms with van der Waals surface area (Å²) in [6.07, 6.45) is 3.60. The molecule has 0 saturated carbocycles. The molecule has 1 aromatic carbocycles. The Hall–Kier alpha value is -2.51. The van der Waals surface area contributed by atoms with Gasteiger partial charge in [-0.25, -0.2) is 4.98 Å². The van der Waals surface area contributed by atoms with E-state index < -0.39 is 0 Å². The zero-order valence-corrected chi connectivity index (χ0v) is 18.3. The van der Waals surface area contributed by atoms with Crippen molar-refractivity contribution in [1.29, 1.82) is 0 Å². The zero-order chi connectivity index (χ0) is 20.8. The number of carbonyl (C=O) groups excluding carboxylic acids is 1. The molecule has 0 saturated heterocycles. The van der Waals surface area contributed by atoms with Crippen molar-refractivity contribution in [2.45, 2.75) is 46.3 Å². The highest BCUT2D eigenvalue weighted by Crippen LogP contribution is 2.27. The third kappa shape index (κ3) is 5.74. The second kappa shape index (κ2) is 9.80. The van der Waals surface area contributed by atoms with E-state index in [1.165, 1.54) is 0 Å². The van der Waals surface area contributed by atoms with Crippen LogP contribution in [0, 0.1) is 0 Å². The van der Waals surface area contributed by atoms with Gasteiger partial charge in [-0.3, -0.25) is 14.7 Å². The largest absolute Gasteiger partial charge is 0.357 e. The maximum absolute atomic E-state index is 12.6. The topological polar surface area (TPSA) is 70.2 Å². The maximum atomic E-state index is 12.6. The molecule has 0 spiro atoms. The summed E-state index contributed by atoms with van der Waals surface area (Å²) >= 11 is 1.55. The molecule has 0 bridgehead atoms. The fourth-order valence-corrected chi connectivity index (χ4v) is 4.24. The van der Waals surface area contributed by atoms with Gasteiger partial charge < -0.3 is 10.6 Å². The van der Waals surface area contributed by atoms with E-state index in [4.69, 9.17) is 0 Å². The molecule has 154 valence electrons. The number of carbonyl (C=O) groups is 1. The van der Waals surface area contributed by atoms with Gasteiger partial charge in [-0.15, -0.1) is 0 Å². The number of nitrogens with zero attached hydrogens (tertiary/aromatic N) is 3. The van der Waals surface area contributed by atoms with Crippen LogP contribution in [-0.4, -0.2) is 45.9 Å². The molecule has 2 N–H and O–H groups in total. The van der Waals surface area contributed by atoms with Gasteiger partial charge in [0.2, 0.25) is 0 Å². The van der Waals surface area contributed by atoms with E-state index >= 15 is 0 Å². The van der Waals surface area contributed by atoms with Gasteiger partial charge in [-0.1, -0.05) is 17.4 Å². The summed E-state index contributed by atoms with van der Waals surface area (Å²) < 4.78 is 0.998. The summed E-state index contributed by atoms with van der Waals surface area (Å²) in [5.41, 5.74) is 2.66. The number of aromatic nitrogens is 2. The number of amides is 1. The highest BCUT2D eigenvalue weighted by molar-refractivity contribution is 7.22. The average molecular weight is 412 g/mol. The van der Waals surface area contributed by atoms with Crippen LogP contribution in [0.4, 0.5) is 5.13 Å². The second-order valence-electron chi connectivity index (χ2n) is 7.60. The monoisotopic (exact) mass is 411 g/mol. The first kappa shape index (κ1) is 21.2.